The van der Waals surface area contributed by atoms with Gasteiger partial charge in [0.25, 0.3) is 5.19 Å². The molecule has 1 aromatic rings. The fourth-order valence-corrected chi connectivity index (χ4v) is 1.54. The second kappa shape index (κ2) is 6.41. The standard InChI is InChI=1S/C9H13NO5S/c1-2-14-8(13)6-5-16-9(10-6)15-4-3-7(11)12/h5,7,11-12H,2-4H2,1H3. The fraction of sp³-hybridized carbons (Fsp3) is 0.556. The Morgan fingerprint density at radius 1 is 1.62 bits per heavy atom. The summed E-state index contributed by atoms with van der Waals surface area (Å²) in [4.78, 5) is 15.1. The number of aromatic nitrogens is 1. The van der Waals surface area contributed by atoms with E-state index in [1.165, 1.54) is 5.38 Å². The van der Waals surface area contributed by atoms with Crippen molar-refractivity contribution in [3.63, 3.8) is 0 Å². The van der Waals surface area contributed by atoms with Crippen molar-refractivity contribution in [2.24, 2.45) is 0 Å². The summed E-state index contributed by atoms with van der Waals surface area (Å²) >= 11 is 1.16. The Balaban J connectivity index is 2.42. The van der Waals surface area contributed by atoms with Crippen LogP contribution in [0.25, 0.3) is 0 Å². The average molecular weight is 247 g/mol. The van der Waals surface area contributed by atoms with Crippen LogP contribution in [-0.4, -0.2) is 40.7 Å². The first kappa shape index (κ1) is 12.9. The van der Waals surface area contributed by atoms with E-state index in [0.29, 0.717) is 11.8 Å². The topological polar surface area (TPSA) is 88.9 Å². The molecule has 0 unspecified atom stereocenters. The monoisotopic (exact) mass is 247 g/mol. The van der Waals surface area contributed by atoms with Crippen LogP contribution in [0.5, 0.6) is 5.19 Å². The first-order valence-corrected chi connectivity index (χ1v) is 5.63. The van der Waals surface area contributed by atoms with Crippen molar-refractivity contribution in [2.75, 3.05) is 13.2 Å². The summed E-state index contributed by atoms with van der Waals surface area (Å²) in [7, 11) is 0. The van der Waals surface area contributed by atoms with Gasteiger partial charge in [-0.2, -0.15) is 4.98 Å². The maximum absolute atomic E-state index is 11.2. The zero-order valence-corrected chi connectivity index (χ0v) is 9.57. The third kappa shape index (κ3) is 4.13. The molecule has 0 radical (unpaired) electrons. The van der Waals surface area contributed by atoms with Crippen molar-refractivity contribution in [1.82, 2.24) is 4.98 Å². The molecular formula is C9H13NO5S. The summed E-state index contributed by atoms with van der Waals surface area (Å²) in [6.07, 6.45) is -1.31. The highest BCUT2D eigenvalue weighted by Gasteiger charge is 2.12. The maximum atomic E-state index is 11.2. The minimum atomic E-state index is -1.40. The van der Waals surface area contributed by atoms with Gasteiger partial charge in [-0.1, -0.05) is 11.3 Å². The molecule has 0 saturated carbocycles. The predicted octanol–water partition coefficient (Wildman–Crippen LogP) is 0.399. The van der Waals surface area contributed by atoms with E-state index in [0.717, 1.165) is 11.3 Å². The molecule has 6 nitrogen and oxygen atoms in total. The second-order valence-electron chi connectivity index (χ2n) is 2.84. The Labute approximate surface area is 96.5 Å². The molecule has 1 aromatic heterocycles. The van der Waals surface area contributed by atoms with Crippen LogP contribution >= 0.6 is 11.3 Å². The second-order valence-corrected chi connectivity index (χ2v) is 3.66. The highest BCUT2D eigenvalue weighted by molar-refractivity contribution is 7.11. The summed E-state index contributed by atoms with van der Waals surface area (Å²) in [6.45, 7) is 2.14. The van der Waals surface area contributed by atoms with E-state index in [1.807, 2.05) is 0 Å². The van der Waals surface area contributed by atoms with Gasteiger partial charge < -0.3 is 19.7 Å². The van der Waals surface area contributed by atoms with Gasteiger partial charge in [0.05, 0.1) is 13.2 Å². The molecule has 0 bridgehead atoms. The molecule has 1 rings (SSSR count). The van der Waals surface area contributed by atoms with Gasteiger partial charge >= 0.3 is 5.97 Å². The number of carbonyl (C=O) groups excluding carboxylic acids is 1. The third-order valence-corrected chi connectivity index (χ3v) is 2.32. The summed E-state index contributed by atoms with van der Waals surface area (Å²) in [5.74, 6) is -0.490. The zero-order valence-electron chi connectivity index (χ0n) is 8.75. The van der Waals surface area contributed by atoms with Crippen LogP contribution in [0.4, 0.5) is 0 Å². The number of esters is 1. The van der Waals surface area contributed by atoms with Gasteiger partial charge in [0.15, 0.2) is 12.0 Å². The quantitative estimate of drug-likeness (QED) is 0.558. The Morgan fingerprint density at radius 2 is 2.38 bits per heavy atom. The Morgan fingerprint density at radius 3 is 3.00 bits per heavy atom. The number of hydrogen-bond donors (Lipinski definition) is 2. The molecule has 0 spiro atoms. The molecule has 16 heavy (non-hydrogen) atoms. The summed E-state index contributed by atoms with van der Waals surface area (Å²) in [5.41, 5.74) is 0.200. The van der Waals surface area contributed by atoms with Crippen molar-refractivity contribution in [1.29, 1.82) is 0 Å². The van der Waals surface area contributed by atoms with Crippen LogP contribution in [0.15, 0.2) is 5.38 Å². The smallest absolute Gasteiger partial charge is 0.357 e. The molecule has 0 aliphatic heterocycles. The number of hydrogen-bond acceptors (Lipinski definition) is 7. The van der Waals surface area contributed by atoms with Gasteiger partial charge in [0.2, 0.25) is 0 Å². The minimum Gasteiger partial charge on any atom is -0.470 e. The number of rotatable bonds is 6. The van der Waals surface area contributed by atoms with Crippen LogP contribution in [0.3, 0.4) is 0 Å². The van der Waals surface area contributed by atoms with Gasteiger partial charge in [0.1, 0.15) is 0 Å². The van der Waals surface area contributed by atoms with Crippen LogP contribution in [-0.2, 0) is 4.74 Å². The lowest BCUT2D eigenvalue weighted by molar-refractivity contribution is -0.0520. The lowest BCUT2D eigenvalue weighted by Crippen LogP contribution is -2.10. The molecule has 0 saturated heterocycles. The minimum absolute atomic E-state index is 0.0916. The van der Waals surface area contributed by atoms with Gasteiger partial charge in [-0.05, 0) is 6.92 Å². The number of thiazole rings is 1. The number of aliphatic hydroxyl groups is 2. The highest BCUT2D eigenvalue weighted by atomic mass is 32.1. The van der Waals surface area contributed by atoms with Crippen molar-refractivity contribution >= 4 is 17.3 Å². The molecular weight excluding hydrogens is 234 g/mol. The molecule has 0 aliphatic carbocycles. The van der Waals surface area contributed by atoms with Crippen LogP contribution in [0.1, 0.15) is 23.8 Å². The molecule has 90 valence electrons. The molecule has 7 heteroatoms. The van der Waals surface area contributed by atoms with E-state index < -0.39 is 12.3 Å². The summed E-state index contributed by atoms with van der Waals surface area (Å²) in [6, 6.07) is 0. The van der Waals surface area contributed by atoms with Gasteiger partial charge in [-0.15, -0.1) is 0 Å². The SMILES string of the molecule is CCOC(=O)c1csc(OCCC(O)O)n1. The molecule has 0 aromatic carbocycles. The normalized spacial score (nSPS) is 10.5. The van der Waals surface area contributed by atoms with Crippen molar-refractivity contribution in [2.45, 2.75) is 19.6 Å². The number of carbonyl (C=O) groups is 1. The molecule has 0 atom stereocenters. The average Bonchev–Trinajstić information content (AvgIpc) is 2.66. The van der Waals surface area contributed by atoms with Gasteiger partial charge in [0, 0.05) is 11.8 Å². The zero-order chi connectivity index (χ0) is 12.0. The lowest BCUT2D eigenvalue weighted by atomic mass is 10.4. The predicted molar refractivity (Wildman–Crippen MR) is 56.4 cm³/mol. The van der Waals surface area contributed by atoms with E-state index in [2.05, 4.69) is 4.98 Å². The van der Waals surface area contributed by atoms with E-state index in [4.69, 9.17) is 19.7 Å². The van der Waals surface area contributed by atoms with Gasteiger partial charge in [-0.25, -0.2) is 4.79 Å². The van der Waals surface area contributed by atoms with E-state index in [9.17, 15) is 4.79 Å². The first-order valence-electron chi connectivity index (χ1n) is 4.75. The molecule has 1 heterocycles. The van der Waals surface area contributed by atoms with E-state index >= 15 is 0 Å². The molecule has 0 aliphatic rings. The van der Waals surface area contributed by atoms with E-state index in [-0.39, 0.29) is 18.7 Å². The number of aliphatic hydroxyl groups excluding tert-OH is 1. The van der Waals surface area contributed by atoms with Crippen LogP contribution in [0.2, 0.25) is 0 Å². The van der Waals surface area contributed by atoms with Crippen molar-refractivity contribution in [3.05, 3.63) is 11.1 Å². The maximum Gasteiger partial charge on any atom is 0.357 e. The first-order chi connectivity index (χ1) is 7.63. The fourth-order valence-electron chi connectivity index (χ4n) is 0.874. The van der Waals surface area contributed by atoms with Crippen molar-refractivity contribution < 1.29 is 24.5 Å². The highest BCUT2D eigenvalue weighted by Crippen LogP contribution is 2.18. The van der Waals surface area contributed by atoms with Crippen LogP contribution in [0, 0.1) is 0 Å². The Kier molecular flexibility index (Phi) is 5.17. The molecule has 0 fully saturated rings. The van der Waals surface area contributed by atoms with Crippen LogP contribution < -0.4 is 4.74 Å². The van der Waals surface area contributed by atoms with Gasteiger partial charge in [-0.3, -0.25) is 0 Å². The Hall–Kier alpha value is -1.18. The van der Waals surface area contributed by atoms with E-state index in [1.54, 1.807) is 6.92 Å². The lowest BCUT2D eigenvalue weighted by Gasteiger charge is -2.03. The number of ether oxygens (including phenoxy) is 2. The largest absolute Gasteiger partial charge is 0.470 e. The molecule has 0 amide bonds. The third-order valence-electron chi connectivity index (χ3n) is 1.57. The number of nitrogens with zero attached hydrogens (tertiary/aromatic N) is 1. The Bertz CT molecular complexity index is 338. The van der Waals surface area contributed by atoms with Crippen molar-refractivity contribution in [3.8, 4) is 5.19 Å². The summed E-state index contributed by atoms with van der Waals surface area (Å²) in [5, 5.41) is 19.0. The molecule has 2 N–H and O–H groups in total. The summed E-state index contributed by atoms with van der Waals surface area (Å²) < 4.78 is 9.86.